The second kappa shape index (κ2) is 3.72. The van der Waals surface area contributed by atoms with Crippen molar-refractivity contribution in [2.45, 2.75) is 20.1 Å². The molecule has 2 N–H and O–H groups in total. The zero-order valence-electron chi connectivity index (χ0n) is 7.92. The Balaban J connectivity index is 3.19. The summed E-state index contributed by atoms with van der Waals surface area (Å²) in [6.45, 7) is 3.56. The molecule has 1 aromatic rings. The van der Waals surface area contributed by atoms with Gasteiger partial charge in [0, 0.05) is 18.4 Å². The van der Waals surface area contributed by atoms with E-state index in [1.54, 1.807) is 13.8 Å². The van der Waals surface area contributed by atoms with Gasteiger partial charge in [-0.2, -0.15) is 0 Å². The monoisotopic (exact) mass is 183 g/mol. The molecule has 1 atom stereocenters. The van der Waals surface area contributed by atoms with Crippen molar-refractivity contribution >= 4 is 6.29 Å². The number of hydrogen-bond donors (Lipinski definition) is 2. The first-order chi connectivity index (χ1) is 6.11. The van der Waals surface area contributed by atoms with Gasteiger partial charge < -0.3 is 14.8 Å². The number of rotatable bonds is 3. The van der Waals surface area contributed by atoms with Crippen LogP contribution >= 0.6 is 0 Å². The van der Waals surface area contributed by atoms with Crippen molar-refractivity contribution in [2.24, 2.45) is 0 Å². The Hall–Kier alpha value is -1.13. The Labute approximate surface area is 76.5 Å². The molecule has 0 radical (unpaired) electrons. The fourth-order valence-corrected chi connectivity index (χ4v) is 1.40. The second-order valence-corrected chi connectivity index (χ2v) is 2.91. The van der Waals surface area contributed by atoms with Gasteiger partial charge in [-0.25, -0.2) is 0 Å². The summed E-state index contributed by atoms with van der Waals surface area (Å²) in [5.74, 6) is 0. The number of aromatic amines is 1. The van der Waals surface area contributed by atoms with E-state index >= 15 is 0 Å². The summed E-state index contributed by atoms with van der Waals surface area (Å²) < 4.78 is 4.78. The number of hydrogen-bond acceptors (Lipinski definition) is 3. The van der Waals surface area contributed by atoms with E-state index in [4.69, 9.17) is 4.74 Å². The predicted molar refractivity (Wildman–Crippen MR) is 47.6 cm³/mol. The summed E-state index contributed by atoms with van der Waals surface area (Å²) >= 11 is 0. The van der Waals surface area contributed by atoms with Crippen LogP contribution in [-0.4, -0.2) is 23.5 Å². The van der Waals surface area contributed by atoms with E-state index in [0.717, 1.165) is 17.5 Å². The molecule has 0 aromatic carbocycles. The van der Waals surface area contributed by atoms with Crippen LogP contribution in [0.25, 0.3) is 0 Å². The van der Waals surface area contributed by atoms with Crippen molar-refractivity contribution < 1.29 is 14.6 Å². The van der Waals surface area contributed by atoms with Gasteiger partial charge in [0.2, 0.25) is 0 Å². The largest absolute Gasteiger partial charge is 0.364 e. The maximum absolute atomic E-state index is 10.6. The first-order valence-corrected chi connectivity index (χ1v) is 3.97. The summed E-state index contributed by atoms with van der Waals surface area (Å²) in [6.07, 6.45) is -0.237. The normalized spacial score (nSPS) is 12.9. The number of aliphatic hydroxyl groups excluding tert-OH is 1. The molecule has 0 aliphatic heterocycles. The molecule has 0 spiro atoms. The highest BCUT2D eigenvalue weighted by molar-refractivity contribution is 5.75. The van der Waals surface area contributed by atoms with Gasteiger partial charge in [0.15, 0.2) is 12.6 Å². The minimum atomic E-state index is -0.968. The summed E-state index contributed by atoms with van der Waals surface area (Å²) in [5.41, 5.74) is 2.63. The molecule has 0 aliphatic carbocycles. The summed E-state index contributed by atoms with van der Waals surface area (Å²) in [6, 6.07) is 0. The van der Waals surface area contributed by atoms with E-state index in [0.29, 0.717) is 11.3 Å². The lowest BCUT2D eigenvalue weighted by atomic mass is 10.1. The van der Waals surface area contributed by atoms with Crippen molar-refractivity contribution in [1.29, 1.82) is 0 Å². The molecule has 4 heteroatoms. The van der Waals surface area contributed by atoms with Gasteiger partial charge >= 0.3 is 0 Å². The van der Waals surface area contributed by atoms with Crippen molar-refractivity contribution in [3.8, 4) is 0 Å². The number of aryl methyl sites for hydroxylation is 1. The highest BCUT2D eigenvalue weighted by atomic mass is 16.6. The van der Waals surface area contributed by atoms with Crippen molar-refractivity contribution in [2.75, 3.05) is 7.11 Å². The lowest BCUT2D eigenvalue weighted by Crippen LogP contribution is -2.01. The predicted octanol–water partition coefficient (Wildman–Crippen LogP) is 1.08. The summed E-state index contributed by atoms with van der Waals surface area (Å²) in [4.78, 5) is 13.4. The van der Waals surface area contributed by atoms with Gasteiger partial charge in [-0.1, -0.05) is 0 Å². The van der Waals surface area contributed by atoms with Crippen LogP contribution in [0.15, 0.2) is 0 Å². The molecule has 0 bridgehead atoms. The van der Waals surface area contributed by atoms with Gasteiger partial charge in [-0.15, -0.1) is 0 Å². The minimum absolute atomic E-state index is 0.489. The number of ether oxygens (including phenoxy) is 1. The third-order valence-electron chi connectivity index (χ3n) is 2.12. The molecule has 0 saturated heterocycles. The van der Waals surface area contributed by atoms with E-state index in [1.165, 1.54) is 7.11 Å². The fourth-order valence-electron chi connectivity index (χ4n) is 1.40. The molecular formula is C9H13NO3. The van der Waals surface area contributed by atoms with E-state index in [9.17, 15) is 9.90 Å². The molecule has 0 amide bonds. The van der Waals surface area contributed by atoms with Crippen LogP contribution in [0.2, 0.25) is 0 Å². The van der Waals surface area contributed by atoms with Gasteiger partial charge in [-0.05, 0) is 19.4 Å². The van der Waals surface area contributed by atoms with Crippen LogP contribution in [0, 0.1) is 13.8 Å². The average molecular weight is 183 g/mol. The molecule has 4 nitrogen and oxygen atoms in total. The van der Waals surface area contributed by atoms with Crippen LogP contribution in [-0.2, 0) is 4.74 Å². The molecule has 1 aromatic heterocycles. The zero-order chi connectivity index (χ0) is 10.0. The number of carbonyl (C=O) groups is 1. The number of H-pyrrole nitrogens is 1. The van der Waals surface area contributed by atoms with E-state index in [-0.39, 0.29) is 0 Å². The van der Waals surface area contributed by atoms with Gasteiger partial charge in [0.05, 0.1) is 5.69 Å². The maximum atomic E-state index is 10.6. The number of aliphatic hydroxyl groups is 1. The van der Waals surface area contributed by atoms with E-state index in [1.807, 2.05) is 0 Å². The molecule has 0 saturated carbocycles. The van der Waals surface area contributed by atoms with Crippen molar-refractivity contribution in [3.63, 3.8) is 0 Å². The highest BCUT2D eigenvalue weighted by Gasteiger charge is 2.17. The first-order valence-electron chi connectivity index (χ1n) is 3.97. The minimum Gasteiger partial charge on any atom is -0.364 e. The Morgan fingerprint density at radius 2 is 2.15 bits per heavy atom. The van der Waals surface area contributed by atoms with Crippen LogP contribution < -0.4 is 0 Å². The summed E-state index contributed by atoms with van der Waals surface area (Å²) in [5, 5.41) is 9.44. The molecule has 1 heterocycles. The van der Waals surface area contributed by atoms with E-state index < -0.39 is 6.29 Å². The molecule has 1 rings (SSSR count). The number of aldehydes is 1. The quantitative estimate of drug-likeness (QED) is 0.544. The Kier molecular flexibility index (Phi) is 2.85. The highest BCUT2D eigenvalue weighted by Crippen LogP contribution is 2.23. The Bertz CT molecular complexity index is 317. The molecule has 13 heavy (non-hydrogen) atoms. The fraction of sp³-hybridized carbons (Fsp3) is 0.444. The van der Waals surface area contributed by atoms with Crippen LogP contribution in [0.5, 0.6) is 0 Å². The molecule has 1 unspecified atom stereocenters. The van der Waals surface area contributed by atoms with Gasteiger partial charge in [0.1, 0.15) is 0 Å². The third-order valence-corrected chi connectivity index (χ3v) is 2.12. The number of nitrogens with one attached hydrogen (secondary N) is 1. The molecular weight excluding hydrogens is 170 g/mol. The van der Waals surface area contributed by atoms with Crippen LogP contribution in [0.1, 0.15) is 33.6 Å². The maximum Gasteiger partial charge on any atom is 0.182 e. The SMILES string of the molecule is COC(O)c1c(C)[nH]c(C=O)c1C. The number of methoxy groups -OCH3 is 1. The standard InChI is InChI=1S/C9H13NO3/c1-5-7(4-11)10-6(2)8(5)9(12)13-3/h4,9-10,12H,1-3H3. The smallest absolute Gasteiger partial charge is 0.182 e. The molecule has 0 fully saturated rings. The van der Waals surface area contributed by atoms with Crippen LogP contribution in [0.4, 0.5) is 0 Å². The van der Waals surface area contributed by atoms with Crippen molar-refractivity contribution in [3.05, 3.63) is 22.5 Å². The second-order valence-electron chi connectivity index (χ2n) is 2.91. The molecule has 72 valence electrons. The van der Waals surface area contributed by atoms with Crippen molar-refractivity contribution in [1.82, 2.24) is 4.98 Å². The Morgan fingerprint density at radius 1 is 1.54 bits per heavy atom. The van der Waals surface area contributed by atoms with E-state index in [2.05, 4.69) is 4.98 Å². The molecule has 0 aliphatic rings. The van der Waals surface area contributed by atoms with Crippen LogP contribution in [0.3, 0.4) is 0 Å². The topological polar surface area (TPSA) is 62.3 Å². The number of aromatic nitrogens is 1. The average Bonchev–Trinajstić information content (AvgIpc) is 2.40. The van der Waals surface area contributed by atoms with Gasteiger partial charge in [-0.3, -0.25) is 4.79 Å². The third kappa shape index (κ3) is 1.64. The zero-order valence-corrected chi connectivity index (χ0v) is 7.92. The lowest BCUT2D eigenvalue weighted by molar-refractivity contribution is -0.0776. The lowest BCUT2D eigenvalue weighted by Gasteiger charge is -2.08. The summed E-state index contributed by atoms with van der Waals surface area (Å²) in [7, 11) is 1.41. The van der Waals surface area contributed by atoms with Gasteiger partial charge in [0.25, 0.3) is 0 Å². The first kappa shape index (κ1) is 9.95. The Morgan fingerprint density at radius 3 is 2.54 bits per heavy atom. The number of carbonyl (C=O) groups excluding carboxylic acids is 1.